The maximum atomic E-state index is 5.74. The third kappa shape index (κ3) is 3.37. The zero-order valence-corrected chi connectivity index (χ0v) is 17.3. The molecule has 1 aliphatic heterocycles. The SMILES string of the molecule is Cc1ccc(-n2cccc2[C@@H]2[C@H](c3ccccn3)NC(=S)N2Cc2ccco2)nc1. The number of furan rings is 1. The van der Waals surface area contributed by atoms with Gasteiger partial charge in [0, 0.05) is 24.3 Å². The third-order valence-electron chi connectivity index (χ3n) is 5.33. The average molecular weight is 416 g/mol. The van der Waals surface area contributed by atoms with Crippen LogP contribution in [0.5, 0.6) is 0 Å². The number of nitrogens with zero attached hydrogens (tertiary/aromatic N) is 4. The first-order valence-electron chi connectivity index (χ1n) is 9.81. The van der Waals surface area contributed by atoms with E-state index in [4.69, 9.17) is 16.6 Å². The minimum Gasteiger partial charge on any atom is -0.467 e. The molecule has 6 nitrogen and oxygen atoms in total. The van der Waals surface area contributed by atoms with Gasteiger partial charge >= 0.3 is 0 Å². The highest BCUT2D eigenvalue weighted by molar-refractivity contribution is 7.80. The summed E-state index contributed by atoms with van der Waals surface area (Å²) in [6.07, 6.45) is 7.42. The van der Waals surface area contributed by atoms with Gasteiger partial charge in [-0.05, 0) is 67.2 Å². The Balaban J connectivity index is 1.60. The van der Waals surface area contributed by atoms with Crippen LogP contribution in [0.2, 0.25) is 0 Å². The standard InChI is InChI=1S/C23H21N5OS/c1-16-9-10-20(25-14-16)27-12-4-8-19(27)22-21(18-7-2-3-11-24-18)26-23(30)28(22)15-17-6-5-13-29-17/h2-14,21-22H,15H2,1H3,(H,26,30)/t21-,22+/m0/s1. The number of hydrogen-bond donors (Lipinski definition) is 1. The first-order chi connectivity index (χ1) is 14.7. The molecule has 4 aromatic rings. The van der Waals surface area contributed by atoms with E-state index in [1.165, 1.54) is 0 Å². The fourth-order valence-corrected chi connectivity index (χ4v) is 4.22. The molecule has 150 valence electrons. The lowest BCUT2D eigenvalue weighted by molar-refractivity contribution is 0.280. The Morgan fingerprint density at radius 3 is 2.73 bits per heavy atom. The Kier molecular flexibility index (Phi) is 4.80. The summed E-state index contributed by atoms with van der Waals surface area (Å²) in [4.78, 5) is 11.4. The lowest BCUT2D eigenvalue weighted by atomic mass is 10.0. The van der Waals surface area contributed by atoms with Crippen LogP contribution < -0.4 is 5.32 Å². The van der Waals surface area contributed by atoms with Crippen LogP contribution in [0, 0.1) is 6.92 Å². The van der Waals surface area contributed by atoms with Gasteiger partial charge in [0.1, 0.15) is 11.6 Å². The van der Waals surface area contributed by atoms with Gasteiger partial charge < -0.3 is 19.2 Å². The molecular weight excluding hydrogens is 394 g/mol. The van der Waals surface area contributed by atoms with Gasteiger partial charge in [-0.3, -0.25) is 4.98 Å². The Morgan fingerprint density at radius 1 is 1.07 bits per heavy atom. The van der Waals surface area contributed by atoms with E-state index in [0.717, 1.165) is 28.5 Å². The van der Waals surface area contributed by atoms with Gasteiger partial charge in [0.15, 0.2) is 5.11 Å². The smallest absolute Gasteiger partial charge is 0.170 e. The van der Waals surface area contributed by atoms with Gasteiger partial charge in [0.2, 0.25) is 0 Å². The third-order valence-corrected chi connectivity index (χ3v) is 5.68. The van der Waals surface area contributed by atoms with Crippen LogP contribution in [-0.4, -0.2) is 24.5 Å². The molecule has 1 saturated heterocycles. The van der Waals surface area contributed by atoms with Gasteiger partial charge in [-0.25, -0.2) is 4.98 Å². The van der Waals surface area contributed by atoms with E-state index in [9.17, 15) is 0 Å². The number of nitrogens with one attached hydrogen (secondary N) is 1. The van der Waals surface area contributed by atoms with Crippen molar-refractivity contribution in [1.82, 2.24) is 24.8 Å². The van der Waals surface area contributed by atoms with Gasteiger partial charge in [0.25, 0.3) is 0 Å². The van der Waals surface area contributed by atoms with Crippen molar-refractivity contribution < 1.29 is 4.42 Å². The van der Waals surface area contributed by atoms with Crippen LogP contribution in [0.25, 0.3) is 5.82 Å². The van der Waals surface area contributed by atoms with E-state index < -0.39 is 0 Å². The second-order valence-corrected chi connectivity index (χ2v) is 7.72. The van der Waals surface area contributed by atoms with E-state index in [1.54, 1.807) is 6.26 Å². The number of thiocarbonyl (C=S) groups is 1. The van der Waals surface area contributed by atoms with Gasteiger partial charge in [-0.1, -0.05) is 12.1 Å². The molecule has 30 heavy (non-hydrogen) atoms. The Labute approximate surface area is 180 Å². The highest BCUT2D eigenvalue weighted by atomic mass is 32.1. The van der Waals surface area contributed by atoms with Crippen molar-refractivity contribution in [2.75, 3.05) is 0 Å². The van der Waals surface area contributed by atoms with Crippen molar-refractivity contribution in [3.63, 3.8) is 0 Å². The Morgan fingerprint density at radius 2 is 2.00 bits per heavy atom. The summed E-state index contributed by atoms with van der Waals surface area (Å²) in [7, 11) is 0. The summed E-state index contributed by atoms with van der Waals surface area (Å²) in [6, 6.07) is 17.9. The summed E-state index contributed by atoms with van der Waals surface area (Å²) < 4.78 is 7.73. The molecule has 1 N–H and O–H groups in total. The molecule has 0 spiro atoms. The molecule has 4 aromatic heterocycles. The quantitative estimate of drug-likeness (QED) is 0.489. The molecule has 0 bridgehead atoms. The molecule has 0 unspecified atom stereocenters. The molecule has 0 aromatic carbocycles. The van der Waals surface area contributed by atoms with Crippen LogP contribution in [0.3, 0.4) is 0 Å². The van der Waals surface area contributed by atoms with Crippen LogP contribution >= 0.6 is 12.2 Å². The molecule has 2 atom stereocenters. The van der Waals surface area contributed by atoms with Crippen LogP contribution in [0.1, 0.15) is 34.8 Å². The lowest BCUT2D eigenvalue weighted by Gasteiger charge is -2.28. The van der Waals surface area contributed by atoms with Crippen LogP contribution in [0.15, 0.2) is 83.9 Å². The molecule has 5 heterocycles. The number of pyridine rings is 2. The highest BCUT2D eigenvalue weighted by Crippen LogP contribution is 2.40. The largest absolute Gasteiger partial charge is 0.467 e. The summed E-state index contributed by atoms with van der Waals surface area (Å²) in [6.45, 7) is 2.61. The highest BCUT2D eigenvalue weighted by Gasteiger charge is 2.41. The zero-order chi connectivity index (χ0) is 20.5. The maximum Gasteiger partial charge on any atom is 0.170 e. The van der Waals surface area contributed by atoms with Gasteiger partial charge in [0.05, 0.1) is 30.6 Å². The van der Waals surface area contributed by atoms with Crippen molar-refractivity contribution >= 4 is 17.3 Å². The Bertz CT molecular complexity index is 1140. The van der Waals surface area contributed by atoms with E-state index in [1.807, 2.05) is 68.0 Å². The maximum absolute atomic E-state index is 5.74. The Hall–Kier alpha value is -3.45. The van der Waals surface area contributed by atoms with Crippen molar-refractivity contribution in [3.8, 4) is 5.82 Å². The first-order valence-corrected chi connectivity index (χ1v) is 10.2. The molecule has 5 rings (SSSR count). The molecule has 0 saturated carbocycles. The predicted octanol–water partition coefficient (Wildman–Crippen LogP) is 4.34. The van der Waals surface area contributed by atoms with Crippen LogP contribution in [0.4, 0.5) is 0 Å². The van der Waals surface area contributed by atoms with E-state index in [-0.39, 0.29) is 12.1 Å². The number of hydrogen-bond acceptors (Lipinski definition) is 4. The summed E-state index contributed by atoms with van der Waals surface area (Å²) in [5, 5.41) is 4.16. The molecule has 0 amide bonds. The fourth-order valence-electron chi connectivity index (χ4n) is 3.91. The predicted molar refractivity (Wildman–Crippen MR) is 118 cm³/mol. The van der Waals surface area contributed by atoms with Gasteiger partial charge in [-0.2, -0.15) is 0 Å². The summed E-state index contributed by atoms with van der Waals surface area (Å²) >= 11 is 5.74. The fraction of sp³-hybridized carbons (Fsp3) is 0.174. The molecule has 7 heteroatoms. The van der Waals surface area contributed by atoms with Crippen molar-refractivity contribution in [2.24, 2.45) is 0 Å². The van der Waals surface area contributed by atoms with E-state index in [2.05, 4.69) is 36.9 Å². The molecule has 1 fully saturated rings. The lowest BCUT2D eigenvalue weighted by Crippen LogP contribution is -2.29. The number of aryl methyl sites for hydroxylation is 1. The number of aromatic nitrogens is 3. The second-order valence-electron chi connectivity index (χ2n) is 7.33. The second kappa shape index (κ2) is 7.76. The monoisotopic (exact) mass is 415 g/mol. The minimum atomic E-state index is -0.0900. The van der Waals surface area contributed by atoms with Crippen molar-refractivity contribution in [3.05, 3.63) is 102 Å². The molecule has 0 radical (unpaired) electrons. The molecule has 0 aliphatic carbocycles. The minimum absolute atomic E-state index is 0.0735. The van der Waals surface area contributed by atoms with Gasteiger partial charge in [-0.15, -0.1) is 0 Å². The van der Waals surface area contributed by atoms with E-state index >= 15 is 0 Å². The van der Waals surface area contributed by atoms with Crippen molar-refractivity contribution in [1.29, 1.82) is 0 Å². The van der Waals surface area contributed by atoms with Crippen LogP contribution in [-0.2, 0) is 6.54 Å². The summed E-state index contributed by atoms with van der Waals surface area (Å²) in [5.74, 6) is 1.73. The first kappa shape index (κ1) is 18.6. The van der Waals surface area contributed by atoms with Crippen molar-refractivity contribution in [2.45, 2.75) is 25.6 Å². The molecular formula is C23H21N5OS. The zero-order valence-electron chi connectivity index (χ0n) is 16.5. The van der Waals surface area contributed by atoms with E-state index in [0.29, 0.717) is 11.7 Å². The average Bonchev–Trinajstić information content (AvgIpc) is 3.51. The number of rotatable bonds is 5. The molecule has 1 aliphatic rings. The summed E-state index contributed by atoms with van der Waals surface area (Å²) in [5.41, 5.74) is 3.15. The normalized spacial score (nSPS) is 18.6. The topological polar surface area (TPSA) is 59.1 Å².